The number of unbranched alkanes of at least 4 members (excludes halogenated alkanes) is 2. The van der Waals surface area contributed by atoms with E-state index >= 15 is 0 Å². The minimum absolute atomic E-state index is 0. The van der Waals surface area contributed by atoms with Crippen molar-refractivity contribution in [3.8, 4) is 0 Å². The molecule has 1 saturated carbocycles. The zero-order valence-electron chi connectivity index (χ0n) is 25.6. The Labute approximate surface area is 270 Å². The van der Waals surface area contributed by atoms with Gasteiger partial charge in [0.2, 0.25) is 11.8 Å². The summed E-state index contributed by atoms with van der Waals surface area (Å²) in [6.45, 7) is 6.02. The van der Waals surface area contributed by atoms with E-state index in [0.29, 0.717) is 35.8 Å². The molecule has 1 saturated heterocycles. The van der Waals surface area contributed by atoms with Crippen molar-refractivity contribution in [2.75, 3.05) is 23.8 Å². The fraction of sp³-hybridized carbons (Fsp3) is 0.643. The Morgan fingerprint density at radius 1 is 1.18 bits per heavy atom. The number of nitrogens with one attached hydrogen (secondary N) is 1. The van der Waals surface area contributed by atoms with Gasteiger partial charge in [-0.15, -0.1) is 11.8 Å². The number of rotatable bonds is 17. The maximum absolute atomic E-state index is 12.0. The Morgan fingerprint density at radius 2 is 1.82 bits per heavy atom. The third-order valence-electron chi connectivity index (χ3n) is 7.52. The maximum Gasteiger partial charge on any atom is 0.353 e. The summed E-state index contributed by atoms with van der Waals surface area (Å²) in [4.78, 5) is 62.8. The van der Waals surface area contributed by atoms with E-state index in [4.69, 9.17) is 21.7 Å². The first-order chi connectivity index (χ1) is 20.6. The van der Waals surface area contributed by atoms with Gasteiger partial charge in [-0.1, -0.05) is 19.9 Å². The molecule has 2 amide bonds. The number of aliphatic imine (C=N–C) groups is 1. The van der Waals surface area contributed by atoms with Gasteiger partial charge in [-0.05, 0) is 43.8 Å². The van der Waals surface area contributed by atoms with Crippen LogP contribution in [0, 0.1) is 17.3 Å². The molecule has 1 aliphatic carbocycles. The highest BCUT2D eigenvalue weighted by molar-refractivity contribution is 8.03. The zero-order valence-corrected chi connectivity index (χ0v) is 27.2. The molecule has 17 heteroatoms. The predicted octanol–water partition coefficient (Wildman–Crippen LogP) is 0.222. The standard InChI is InChI=1S/C16H26N2O5S.C12H17N3O4S.H2O/c1-16(2)8-10(16)13(19)18-12(15(22)23)6-4-3-5-7-24-9-11(17)14(20)21;1-6(16)9-7-4-8(20-3-2-14-5-13)10(12(18)19)15(7)11(9)17;/h6,10-11H,3-5,7-9,17H2,1-2H3,(H,18,19)(H,20,21)(H,22,23);5-7,9,16H,2-4H2,1H3,(H2,13,14)(H,18,19);1H2/b12-6-;;/t10-,11-;6-,7-,9-;/m11./s1. The van der Waals surface area contributed by atoms with Crippen molar-refractivity contribution in [2.24, 2.45) is 33.7 Å². The molecule has 0 aromatic carbocycles. The molecule has 11 N–H and O–H groups in total. The van der Waals surface area contributed by atoms with Crippen LogP contribution in [0.3, 0.4) is 0 Å². The number of carbonyl (C=O) groups excluding carboxylic acids is 2. The summed E-state index contributed by atoms with van der Waals surface area (Å²) < 4.78 is 0. The first kappa shape index (κ1) is 39.9. The number of aliphatic carboxylic acids is 3. The minimum Gasteiger partial charge on any atom is -0.480 e. The van der Waals surface area contributed by atoms with E-state index in [0.717, 1.165) is 25.0 Å². The van der Waals surface area contributed by atoms with Crippen LogP contribution in [-0.4, -0.2) is 109 Å². The van der Waals surface area contributed by atoms with E-state index in [9.17, 15) is 34.2 Å². The molecule has 3 aliphatic rings. The second-order valence-electron chi connectivity index (χ2n) is 11.4. The maximum atomic E-state index is 12.0. The number of nitrogens with zero attached hydrogens (tertiary/aromatic N) is 2. The Hall–Kier alpha value is -3.12. The Bertz CT molecular complexity index is 1190. The first-order valence-corrected chi connectivity index (χ1v) is 16.4. The van der Waals surface area contributed by atoms with E-state index in [2.05, 4.69) is 10.3 Å². The molecule has 0 aromatic heterocycles. The number of amides is 2. The van der Waals surface area contributed by atoms with Crippen LogP contribution in [0.4, 0.5) is 0 Å². The molecular formula is C28H45N5O10S2. The van der Waals surface area contributed by atoms with E-state index in [1.54, 1.807) is 6.92 Å². The fourth-order valence-electron chi connectivity index (χ4n) is 4.86. The molecule has 45 heavy (non-hydrogen) atoms. The highest BCUT2D eigenvalue weighted by Crippen LogP contribution is 2.51. The summed E-state index contributed by atoms with van der Waals surface area (Å²) in [6.07, 6.45) is 5.37. The second-order valence-corrected chi connectivity index (χ2v) is 13.7. The van der Waals surface area contributed by atoms with Gasteiger partial charge in [0.25, 0.3) is 0 Å². The SMILES string of the molecule is CC1(C)C[C@@H]1C(=O)N/C(=C\CCCCSC[C@@H](N)C(=O)O)C(=O)O.C[C@@H](O)[C@H]1C(=O)N2C(C(=O)O)=C(SCCN=CN)C[C@H]12.O. The number of β-lactam (4-membered cyclic amide) rings is 1. The number of hydrogen-bond acceptors (Lipinski definition) is 10. The second kappa shape index (κ2) is 18.1. The van der Waals surface area contributed by atoms with E-state index < -0.39 is 36.0 Å². The molecule has 0 radical (unpaired) electrons. The van der Waals surface area contributed by atoms with Crippen molar-refractivity contribution in [2.45, 2.75) is 71.1 Å². The van der Waals surface area contributed by atoms with Crippen molar-refractivity contribution >= 4 is 59.6 Å². The van der Waals surface area contributed by atoms with Crippen molar-refractivity contribution in [1.29, 1.82) is 0 Å². The summed E-state index contributed by atoms with van der Waals surface area (Å²) in [5.74, 6) is -2.67. The van der Waals surface area contributed by atoms with Gasteiger partial charge in [0.15, 0.2) is 0 Å². The van der Waals surface area contributed by atoms with Crippen LogP contribution < -0.4 is 16.8 Å². The van der Waals surface area contributed by atoms with Gasteiger partial charge in [0.1, 0.15) is 17.4 Å². The Balaban J connectivity index is 0.000000446. The lowest BCUT2D eigenvalue weighted by Crippen LogP contribution is -2.61. The van der Waals surface area contributed by atoms with Crippen LogP contribution in [0.25, 0.3) is 0 Å². The average molecular weight is 676 g/mol. The number of thioether (sulfide) groups is 2. The third kappa shape index (κ3) is 11.3. The van der Waals surface area contributed by atoms with Crippen LogP contribution in [0.2, 0.25) is 0 Å². The van der Waals surface area contributed by atoms with Gasteiger partial charge < -0.3 is 47.6 Å². The summed E-state index contributed by atoms with van der Waals surface area (Å²) in [6, 6.07) is -1.08. The first-order valence-electron chi connectivity index (χ1n) is 14.2. The molecule has 3 rings (SSSR count). The largest absolute Gasteiger partial charge is 0.480 e. The van der Waals surface area contributed by atoms with E-state index in [-0.39, 0.29) is 46.1 Å². The van der Waals surface area contributed by atoms with Crippen molar-refractivity contribution < 1.29 is 49.9 Å². The summed E-state index contributed by atoms with van der Waals surface area (Å²) in [7, 11) is 0. The normalized spacial score (nSPS) is 22.8. The summed E-state index contributed by atoms with van der Waals surface area (Å²) >= 11 is 2.84. The van der Waals surface area contributed by atoms with Gasteiger partial charge in [-0.25, -0.2) is 9.59 Å². The van der Waals surface area contributed by atoms with Gasteiger partial charge >= 0.3 is 17.9 Å². The predicted molar refractivity (Wildman–Crippen MR) is 171 cm³/mol. The molecule has 2 fully saturated rings. The van der Waals surface area contributed by atoms with Crippen LogP contribution in [-0.2, 0) is 24.0 Å². The average Bonchev–Trinajstić information content (AvgIpc) is 3.46. The topological polar surface area (TPSA) is 277 Å². The number of aliphatic hydroxyl groups excluding tert-OH is 1. The van der Waals surface area contributed by atoms with Crippen LogP contribution in [0.1, 0.15) is 52.9 Å². The zero-order chi connectivity index (χ0) is 33.2. The molecule has 0 unspecified atom stereocenters. The van der Waals surface area contributed by atoms with Crippen molar-refractivity contribution in [3.63, 3.8) is 0 Å². The van der Waals surface area contributed by atoms with Crippen LogP contribution in [0.5, 0.6) is 0 Å². The van der Waals surface area contributed by atoms with Crippen LogP contribution in [0.15, 0.2) is 27.4 Å². The molecule has 5 atom stereocenters. The number of carbonyl (C=O) groups is 5. The smallest absolute Gasteiger partial charge is 0.353 e. The molecule has 254 valence electrons. The molecule has 0 bridgehead atoms. The lowest BCUT2D eigenvalue weighted by Gasteiger charge is -2.44. The highest BCUT2D eigenvalue weighted by atomic mass is 32.2. The summed E-state index contributed by atoms with van der Waals surface area (Å²) in [5.41, 5.74) is 10.5. The number of hydrogen-bond donors (Lipinski definition) is 7. The number of nitrogens with two attached hydrogens (primary N) is 2. The molecule has 2 heterocycles. The van der Waals surface area contributed by atoms with Gasteiger partial charge in [0, 0.05) is 28.7 Å². The van der Waals surface area contributed by atoms with Crippen molar-refractivity contribution in [3.05, 3.63) is 22.4 Å². The monoisotopic (exact) mass is 675 g/mol. The van der Waals surface area contributed by atoms with E-state index in [1.807, 2.05) is 13.8 Å². The number of carboxylic acid groups (broad SMARTS) is 3. The van der Waals surface area contributed by atoms with Gasteiger partial charge in [-0.3, -0.25) is 19.4 Å². The molecule has 0 aromatic rings. The third-order valence-corrected chi connectivity index (χ3v) is 9.78. The summed E-state index contributed by atoms with van der Waals surface area (Å²) in [5, 5.41) is 39.2. The highest BCUT2D eigenvalue weighted by Gasteiger charge is 2.56. The van der Waals surface area contributed by atoms with Crippen molar-refractivity contribution in [1.82, 2.24) is 10.2 Å². The number of allylic oxidation sites excluding steroid dienone is 1. The lowest BCUT2D eigenvalue weighted by molar-refractivity contribution is -0.161. The van der Waals surface area contributed by atoms with E-state index in [1.165, 1.54) is 40.8 Å². The quantitative estimate of drug-likeness (QED) is 0.0358. The lowest BCUT2D eigenvalue weighted by atomic mass is 9.83. The fourth-order valence-corrected chi connectivity index (χ4v) is 6.88. The molecule has 0 spiro atoms. The van der Waals surface area contributed by atoms with Crippen LogP contribution >= 0.6 is 23.5 Å². The number of aliphatic hydroxyl groups is 1. The molecule has 2 aliphatic heterocycles. The Morgan fingerprint density at radius 3 is 2.33 bits per heavy atom. The van der Waals surface area contributed by atoms with Gasteiger partial charge in [0.05, 0.1) is 30.9 Å². The number of fused-ring (bicyclic) bond motifs is 1. The Kier molecular flexibility index (Phi) is 16.1. The van der Waals surface area contributed by atoms with Gasteiger partial charge in [-0.2, -0.15) is 11.8 Å². The number of carboxylic acids is 3. The molecule has 15 nitrogen and oxygen atoms in total. The minimum atomic E-state index is -1.14. The molecular weight excluding hydrogens is 630 g/mol.